The monoisotopic (exact) mass is 325 g/mol. The van der Waals surface area contributed by atoms with Crippen molar-refractivity contribution in [3.8, 4) is 0 Å². The summed E-state index contributed by atoms with van der Waals surface area (Å²) < 4.78 is 13.2. The van der Waals surface area contributed by atoms with E-state index in [0.717, 1.165) is 22.6 Å². The smallest absolute Gasteiger partial charge is 0.141 e. The maximum absolute atomic E-state index is 13.2. The Morgan fingerprint density at radius 3 is 2.43 bits per heavy atom. The van der Waals surface area contributed by atoms with E-state index < -0.39 is 5.82 Å². The Morgan fingerprint density at radius 1 is 1.05 bits per heavy atom. The van der Waals surface area contributed by atoms with Gasteiger partial charge in [-0.25, -0.2) is 4.39 Å². The minimum absolute atomic E-state index is 0.0839. The lowest BCUT2D eigenvalue weighted by atomic mass is 10.0. The van der Waals surface area contributed by atoms with E-state index in [0.29, 0.717) is 0 Å². The van der Waals surface area contributed by atoms with Crippen LogP contribution in [-0.2, 0) is 6.42 Å². The molecule has 112 valence electrons. The maximum Gasteiger partial charge on any atom is 0.141 e. The third kappa shape index (κ3) is 4.44. The summed E-state index contributed by atoms with van der Waals surface area (Å²) in [5.41, 5.74) is 2.08. The van der Waals surface area contributed by atoms with Gasteiger partial charge in [-0.1, -0.05) is 47.5 Å². The number of rotatable bonds is 5. The molecule has 0 radical (unpaired) electrons. The molecule has 21 heavy (non-hydrogen) atoms. The molecule has 0 aromatic heterocycles. The van der Waals surface area contributed by atoms with Gasteiger partial charge in [-0.3, -0.25) is 0 Å². The van der Waals surface area contributed by atoms with Crippen LogP contribution in [0.5, 0.6) is 0 Å². The second-order valence-corrected chi connectivity index (χ2v) is 6.07. The molecule has 1 N–H and O–H groups in total. The van der Waals surface area contributed by atoms with Crippen LogP contribution in [0.15, 0.2) is 42.5 Å². The first-order valence-electron chi connectivity index (χ1n) is 6.91. The molecule has 0 saturated heterocycles. The zero-order chi connectivity index (χ0) is 15.4. The molecule has 4 heteroatoms. The van der Waals surface area contributed by atoms with Gasteiger partial charge in [-0.2, -0.15) is 0 Å². The summed E-state index contributed by atoms with van der Waals surface area (Å²) in [5.74, 6) is -0.392. The van der Waals surface area contributed by atoms with Gasteiger partial charge in [0.15, 0.2) is 0 Å². The highest BCUT2D eigenvalue weighted by Gasteiger charge is 2.12. The lowest BCUT2D eigenvalue weighted by Gasteiger charge is -2.21. The fourth-order valence-electron chi connectivity index (χ4n) is 2.36. The zero-order valence-electron chi connectivity index (χ0n) is 12.0. The molecule has 0 spiro atoms. The Hall–Kier alpha value is -1.09. The zero-order valence-corrected chi connectivity index (χ0v) is 13.5. The van der Waals surface area contributed by atoms with Crippen LogP contribution in [-0.4, -0.2) is 6.04 Å². The average molecular weight is 326 g/mol. The Balaban J connectivity index is 2.00. The van der Waals surface area contributed by atoms with Crippen LogP contribution in [0.1, 0.15) is 31.0 Å². The Kier molecular flexibility index (Phi) is 5.63. The van der Waals surface area contributed by atoms with Crippen LogP contribution in [0.2, 0.25) is 10.0 Å². The molecule has 0 heterocycles. The highest BCUT2D eigenvalue weighted by atomic mass is 35.5. The first-order valence-corrected chi connectivity index (χ1v) is 7.67. The van der Waals surface area contributed by atoms with Crippen LogP contribution in [0, 0.1) is 5.82 Å². The van der Waals surface area contributed by atoms with Gasteiger partial charge < -0.3 is 5.32 Å². The SMILES string of the molecule is CC(Cc1ccccc1Cl)NC(C)c1ccc(F)c(Cl)c1. The minimum Gasteiger partial charge on any atom is -0.307 e. The maximum atomic E-state index is 13.2. The Labute approximate surface area is 135 Å². The predicted octanol–water partition coefficient (Wildman–Crippen LogP) is 5.41. The van der Waals surface area contributed by atoms with Gasteiger partial charge in [-0.05, 0) is 49.6 Å². The van der Waals surface area contributed by atoms with Crippen molar-refractivity contribution in [1.29, 1.82) is 0 Å². The molecular weight excluding hydrogens is 308 g/mol. The van der Waals surface area contributed by atoms with Gasteiger partial charge in [0.25, 0.3) is 0 Å². The van der Waals surface area contributed by atoms with Crippen LogP contribution >= 0.6 is 23.2 Å². The van der Waals surface area contributed by atoms with E-state index in [9.17, 15) is 4.39 Å². The molecule has 2 atom stereocenters. The van der Waals surface area contributed by atoms with Crippen molar-refractivity contribution in [2.45, 2.75) is 32.4 Å². The lowest BCUT2D eigenvalue weighted by Crippen LogP contribution is -2.30. The summed E-state index contributed by atoms with van der Waals surface area (Å²) in [7, 11) is 0. The molecule has 0 bridgehead atoms. The van der Waals surface area contributed by atoms with Crippen LogP contribution in [0.3, 0.4) is 0 Å². The van der Waals surface area contributed by atoms with Crippen molar-refractivity contribution < 1.29 is 4.39 Å². The molecule has 1 nitrogen and oxygen atoms in total. The topological polar surface area (TPSA) is 12.0 Å². The minimum atomic E-state index is -0.392. The molecule has 0 saturated carbocycles. The van der Waals surface area contributed by atoms with Crippen LogP contribution in [0.25, 0.3) is 0 Å². The molecule has 2 unspecified atom stereocenters. The normalized spacial score (nSPS) is 14.0. The third-order valence-corrected chi connectivity index (χ3v) is 4.12. The number of benzene rings is 2. The van der Waals surface area contributed by atoms with Gasteiger partial charge in [0.2, 0.25) is 0 Å². The summed E-state index contributed by atoms with van der Waals surface area (Å²) in [6.45, 7) is 4.14. The van der Waals surface area contributed by atoms with E-state index in [1.165, 1.54) is 6.07 Å². The number of hydrogen-bond donors (Lipinski definition) is 1. The predicted molar refractivity (Wildman–Crippen MR) is 87.6 cm³/mol. The van der Waals surface area contributed by atoms with E-state index >= 15 is 0 Å². The van der Waals surface area contributed by atoms with Crippen LogP contribution in [0.4, 0.5) is 4.39 Å². The summed E-state index contributed by atoms with van der Waals surface area (Å²) >= 11 is 12.0. The van der Waals surface area contributed by atoms with Gasteiger partial charge in [0, 0.05) is 17.1 Å². The summed E-state index contributed by atoms with van der Waals surface area (Å²) in [4.78, 5) is 0. The van der Waals surface area contributed by atoms with E-state index in [-0.39, 0.29) is 17.1 Å². The van der Waals surface area contributed by atoms with E-state index in [1.54, 1.807) is 12.1 Å². The van der Waals surface area contributed by atoms with Crippen molar-refractivity contribution in [1.82, 2.24) is 5.32 Å². The van der Waals surface area contributed by atoms with Crippen molar-refractivity contribution in [3.63, 3.8) is 0 Å². The second kappa shape index (κ2) is 7.26. The van der Waals surface area contributed by atoms with Crippen molar-refractivity contribution >= 4 is 23.2 Å². The highest BCUT2D eigenvalue weighted by Crippen LogP contribution is 2.22. The molecule has 0 aliphatic rings. The Bertz CT molecular complexity index is 615. The van der Waals surface area contributed by atoms with E-state index in [4.69, 9.17) is 23.2 Å². The fourth-order valence-corrected chi connectivity index (χ4v) is 2.76. The van der Waals surface area contributed by atoms with E-state index in [1.807, 2.05) is 31.2 Å². The molecule has 0 aliphatic carbocycles. The van der Waals surface area contributed by atoms with Crippen molar-refractivity contribution in [2.75, 3.05) is 0 Å². The second-order valence-electron chi connectivity index (χ2n) is 5.26. The quantitative estimate of drug-likeness (QED) is 0.774. The summed E-state index contributed by atoms with van der Waals surface area (Å²) in [6, 6.07) is 13.0. The standard InChI is InChI=1S/C17H18Cl2FN/c1-11(9-14-5-3-4-6-15(14)18)21-12(2)13-7-8-17(20)16(19)10-13/h3-8,10-12,21H,9H2,1-2H3. The van der Waals surface area contributed by atoms with Gasteiger partial charge in [0.1, 0.15) is 5.82 Å². The highest BCUT2D eigenvalue weighted by molar-refractivity contribution is 6.31. The van der Waals surface area contributed by atoms with Gasteiger partial charge >= 0.3 is 0 Å². The number of nitrogens with one attached hydrogen (secondary N) is 1. The van der Waals surface area contributed by atoms with Crippen molar-refractivity contribution in [2.24, 2.45) is 0 Å². The largest absolute Gasteiger partial charge is 0.307 e. The van der Waals surface area contributed by atoms with Crippen molar-refractivity contribution in [3.05, 3.63) is 69.5 Å². The lowest BCUT2D eigenvalue weighted by molar-refractivity contribution is 0.476. The number of hydrogen-bond acceptors (Lipinski definition) is 1. The fraction of sp³-hybridized carbons (Fsp3) is 0.294. The van der Waals surface area contributed by atoms with Crippen LogP contribution < -0.4 is 5.32 Å². The van der Waals surface area contributed by atoms with Gasteiger partial charge in [0.05, 0.1) is 5.02 Å². The first kappa shape index (κ1) is 16.3. The molecule has 2 aromatic rings. The molecule has 0 amide bonds. The van der Waals surface area contributed by atoms with E-state index in [2.05, 4.69) is 12.2 Å². The molecule has 0 fully saturated rings. The summed E-state index contributed by atoms with van der Waals surface area (Å²) in [6.07, 6.45) is 0.832. The molecular formula is C17H18Cl2FN. The summed E-state index contributed by atoms with van der Waals surface area (Å²) in [5, 5.41) is 4.41. The average Bonchev–Trinajstić information content (AvgIpc) is 2.44. The molecule has 2 rings (SSSR count). The Morgan fingerprint density at radius 2 is 1.76 bits per heavy atom. The molecule has 2 aromatic carbocycles. The van der Waals surface area contributed by atoms with Gasteiger partial charge in [-0.15, -0.1) is 0 Å². The molecule has 0 aliphatic heterocycles. The third-order valence-electron chi connectivity index (χ3n) is 3.46. The first-order chi connectivity index (χ1) is 9.97. The number of halogens is 3.